The van der Waals surface area contributed by atoms with Crippen LogP contribution in [0, 0.1) is 0 Å². The van der Waals surface area contributed by atoms with Crippen molar-refractivity contribution in [3.63, 3.8) is 0 Å². The maximum absolute atomic E-state index is 4.94. The molecule has 13 rings (SSSR count). The molecule has 1 aliphatic heterocycles. The molecule has 6 heteroatoms. The van der Waals surface area contributed by atoms with Gasteiger partial charge in [-0.05, 0) is 100 Å². The SMILES string of the molecule is c1ccc2c(c1)Sc1ccc(-c3ccc4c(c3)c3ccccc3n4-c3cnccc3-n3c4ccccc4c4ccccc43)cc1C21c2cccnc2-c2ncccc21. The van der Waals surface area contributed by atoms with E-state index in [0.717, 1.165) is 33.8 Å². The largest absolute Gasteiger partial charge is 0.307 e. The molecule has 270 valence electrons. The van der Waals surface area contributed by atoms with E-state index in [-0.39, 0.29) is 0 Å². The molecule has 0 N–H and O–H groups in total. The van der Waals surface area contributed by atoms with Crippen molar-refractivity contribution in [3.05, 3.63) is 211 Å². The van der Waals surface area contributed by atoms with Crippen molar-refractivity contribution in [2.75, 3.05) is 0 Å². The number of pyridine rings is 3. The lowest BCUT2D eigenvalue weighted by Crippen LogP contribution is -2.32. The van der Waals surface area contributed by atoms with Crippen LogP contribution >= 0.6 is 11.8 Å². The van der Waals surface area contributed by atoms with Gasteiger partial charge in [0.1, 0.15) is 0 Å². The molecule has 6 heterocycles. The maximum atomic E-state index is 4.94. The molecule has 0 saturated heterocycles. The zero-order valence-corrected chi connectivity index (χ0v) is 31.9. The summed E-state index contributed by atoms with van der Waals surface area (Å²) in [7, 11) is 0. The predicted molar refractivity (Wildman–Crippen MR) is 235 cm³/mol. The first-order valence-corrected chi connectivity index (χ1v) is 20.4. The Hall–Kier alpha value is -7.28. The maximum Gasteiger partial charge on any atom is 0.0937 e. The summed E-state index contributed by atoms with van der Waals surface area (Å²) in [6.45, 7) is 0. The number of para-hydroxylation sites is 3. The van der Waals surface area contributed by atoms with Gasteiger partial charge in [-0.2, -0.15) is 0 Å². The standard InChI is InChI=1S/C52H31N5S/c1-5-17-42-34(11-1)35-12-2-6-18-43(35)56(42)46-25-28-53-31-47(46)57-44-19-7-3-13-36(44)37-29-32(21-23-45(37)57)33-22-24-49-41(30-33)52(38-14-4-8-20-48(38)58-49)39-15-9-26-54-50(39)51-40(52)16-10-27-55-51/h1-31H. The van der Waals surface area contributed by atoms with E-state index in [2.05, 4.69) is 173 Å². The van der Waals surface area contributed by atoms with Crippen LogP contribution in [0.5, 0.6) is 0 Å². The molecule has 0 atom stereocenters. The Kier molecular flexibility index (Phi) is 6.52. The molecular formula is C52H31N5S. The van der Waals surface area contributed by atoms with Crippen molar-refractivity contribution in [1.29, 1.82) is 0 Å². The Morgan fingerprint density at radius 1 is 0.397 bits per heavy atom. The van der Waals surface area contributed by atoms with Gasteiger partial charge in [-0.1, -0.05) is 109 Å². The van der Waals surface area contributed by atoms with E-state index in [0.29, 0.717) is 0 Å². The highest BCUT2D eigenvalue weighted by atomic mass is 32.2. The minimum absolute atomic E-state index is 0.538. The highest BCUT2D eigenvalue weighted by molar-refractivity contribution is 7.99. The monoisotopic (exact) mass is 757 g/mol. The van der Waals surface area contributed by atoms with Gasteiger partial charge < -0.3 is 9.13 Å². The Bertz CT molecular complexity index is 3420. The molecule has 0 unspecified atom stereocenters. The fraction of sp³-hybridized carbons (Fsp3) is 0.0192. The van der Waals surface area contributed by atoms with Crippen molar-refractivity contribution >= 4 is 55.4 Å². The summed E-state index contributed by atoms with van der Waals surface area (Å²) in [6.07, 6.45) is 7.69. The van der Waals surface area contributed by atoms with Crippen LogP contribution in [0.2, 0.25) is 0 Å². The Labute approximate surface area is 337 Å². The fourth-order valence-corrected chi connectivity index (χ4v) is 11.2. The van der Waals surface area contributed by atoms with Gasteiger partial charge in [-0.3, -0.25) is 15.0 Å². The number of nitrogens with zero attached hydrogens (tertiary/aromatic N) is 5. The minimum atomic E-state index is -0.538. The average Bonchev–Trinajstić information content (AvgIpc) is 3.91. The molecule has 58 heavy (non-hydrogen) atoms. The molecule has 11 aromatic rings. The summed E-state index contributed by atoms with van der Waals surface area (Å²) in [4.78, 5) is 17.1. The lowest BCUT2D eigenvalue weighted by Gasteiger charge is -2.39. The first-order chi connectivity index (χ1) is 28.8. The van der Waals surface area contributed by atoms with Crippen LogP contribution in [0.4, 0.5) is 0 Å². The van der Waals surface area contributed by atoms with E-state index in [1.807, 2.05) is 36.5 Å². The third kappa shape index (κ3) is 4.14. The second-order valence-electron chi connectivity index (χ2n) is 15.2. The van der Waals surface area contributed by atoms with E-state index in [4.69, 9.17) is 15.0 Å². The lowest BCUT2D eigenvalue weighted by molar-refractivity contribution is 0.720. The normalized spacial score (nSPS) is 13.6. The van der Waals surface area contributed by atoms with Crippen molar-refractivity contribution in [2.24, 2.45) is 0 Å². The molecule has 0 radical (unpaired) electrons. The zero-order chi connectivity index (χ0) is 38.0. The first kappa shape index (κ1) is 31.9. The highest BCUT2D eigenvalue weighted by Crippen LogP contribution is 2.61. The van der Waals surface area contributed by atoms with Gasteiger partial charge in [0.15, 0.2) is 0 Å². The minimum Gasteiger partial charge on any atom is -0.307 e. The van der Waals surface area contributed by atoms with Crippen LogP contribution in [-0.2, 0) is 5.41 Å². The second kappa shape index (κ2) is 11.9. The van der Waals surface area contributed by atoms with Gasteiger partial charge in [0.25, 0.3) is 0 Å². The Morgan fingerprint density at radius 3 is 1.64 bits per heavy atom. The second-order valence-corrected chi connectivity index (χ2v) is 16.3. The van der Waals surface area contributed by atoms with Crippen LogP contribution in [0.15, 0.2) is 198 Å². The summed E-state index contributed by atoms with van der Waals surface area (Å²) in [6, 6.07) is 59.7. The number of hydrogen-bond donors (Lipinski definition) is 0. The molecule has 1 aliphatic carbocycles. The van der Waals surface area contributed by atoms with E-state index < -0.39 is 5.41 Å². The van der Waals surface area contributed by atoms with Gasteiger partial charge in [0, 0.05) is 49.9 Å². The lowest BCUT2D eigenvalue weighted by atomic mass is 9.67. The zero-order valence-electron chi connectivity index (χ0n) is 31.0. The molecule has 0 fully saturated rings. The number of fused-ring (bicyclic) bond motifs is 15. The van der Waals surface area contributed by atoms with Crippen molar-refractivity contribution in [1.82, 2.24) is 24.1 Å². The third-order valence-electron chi connectivity index (χ3n) is 12.4. The summed E-state index contributed by atoms with van der Waals surface area (Å²) in [5.41, 5.74) is 15.4. The Balaban J connectivity index is 1.03. The first-order valence-electron chi connectivity index (χ1n) is 19.6. The van der Waals surface area contributed by atoms with Crippen LogP contribution in [0.3, 0.4) is 0 Å². The molecule has 0 bridgehead atoms. The quantitative estimate of drug-likeness (QED) is 0.180. The molecule has 1 spiro atoms. The van der Waals surface area contributed by atoms with Crippen molar-refractivity contribution < 1.29 is 0 Å². The summed E-state index contributed by atoms with van der Waals surface area (Å²) < 4.78 is 4.78. The smallest absolute Gasteiger partial charge is 0.0937 e. The third-order valence-corrected chi connectivity index (χ3v) is 13.5. The molecule has 6 aromatic carbocycles. The molecule has 2 aliphatic rings. The number of aromatic nitrogens is 5. The number of benzene rings is 6. The van der Waals surface area contributed by atoms with Crippen LogP contribution in [-0.4, -0.2) is 24.1 Å². The topological polar surface area (TPSA) is 48.5 Å². The summed E-state index contributed by atoms with van der Waals surface area (Å²) in [5, 5.41) is 4.87. The van der Waals surface area contributed by atoms with Gasteiger partial charge in [-0.25, -0.2) is 0 Å². The Morgan fingerprint density at radius 2 is 0.931 bits per heavy atom. The van der Waals surface area contributed by atoms with E-state index in [9.17, 15) is 0 Å². The predicted octanol–water partition coefficient (Wildman–Crippen LogP) is 12.6. The molecule has 0 amide bonds. The van der Waals surface area contributed by atoms with Crippen LogP contribution in [0.1, 0.15) is 22.3 Å². The van der Waals surface area contributed by atoms with E-state index >= 15 is 0 Å². The van der Waals surface area contributed by atoms with Crippen molar-refractivity contribution in [3.8, 4) is 33.9 Å². The van der Waals surface area contributed by atoms with E-state index in [1.165, 1.54) is 75.7 Å². The number of rotatable bonds is 3. The van der Waals surface area contributed by atoms with Gasteiger partial charge in [0.2, 0.25) is 0 Å². The van der Waals surface area contributed by atoms with Crippen LogP contribution < -0.4 is 0 Å². The molecule has 5 nitrogen and oxygen atoms in total. The molecular weight excluding hydrogens is 727 g/mol. The molecule has 5 aromatic heterocycles. The molecule has 0 saturated carbocycles. The summed E-state index contributed by atoms with van der Waals surface area (Å²) in [5.74, 6) is 0. The summed E-state index contributed by atoms with van der Waals surface area (Å²) >= 11 is 1.85. The van der Waals surface area contributed by atoms with Gasteiger partial charge in [-0.15, -0.1) is 0 Å². The number of hydrogen-bond acceptors (Lipinski definition) is 4. The fourth-order valence-electron chi connectivity index (χ4n) is 10.1. The average molecular weight is 758 g/mol. The highest BCUT2D eigenvalue weighted by Gasteiger charge is 2.51. The van der Waals surface area contributed by atoms with E-state index in [1.54, 1.807) is 0 Å². The van der Waals surface area contributed by atoms with Crippen molar-refractivity contribution in [2.45, 2.75) is 15.2 Å². The van der Waals surface area contributed by atoms with Crippen LogP contribution in [0.25, 0.3) is 77.5 Å². The van der Waals surface area contributed by atoms with Gasteiger partial charge >= 0.3 is 0 Å². The van der Waals surface area contributed by atoms with Gasteiger partial charge in [0.05, 0.1) is 56.4 Å².